The SMILES string of the molecule is COC(=O)[C@@H](Cc1ccccc1)NC(=O)c1cccc[n+]1[O-]. The van der Waals surface area contributed by atoms with Crippen molar-refractivity contribution in [1.29, 1.82) is 0 Å². The Balaban J connectivity index is 2.15. The van der Waals surface area contributed by atoms with Crippen LogP contribution in [0, 0.1) is 5.21 Å². The average molecular weight is 300 g/mol. The van der Waals surface area contributed by atoms with E-state index in [-0.39, 0.29) is 12.1 Å². The van der Waals surface area contributed by atoms with Crippen molar-refractivity contribution in [2.75, 3.05) is 7.11 Å². The number of esters is 1. The topological polar surface area (TPSA) is 82.3 Å². The zero-order valence-corrected chi connectivity index (χ0v) is 12.1. The third kappa shape index (κ3) is 3.82. The highest BCUT2D eigenvalue weighted by Crippen LogP contribution is 2.05. The molecular formula is C16H16N2O4. The Morgan fingerprint density at radius 1 is 1.18 bits per heavy atom. The smallest absolute Gasteiger partial charge is 0.328 e. The molecule has 0 aliphatic rings. The Morgan fingerprint density at radius 3 is 2.50 bits per heavy atom. The number of ether oxygens (including phenoxy) is 1. The molecule has 114 valence electrons. The van der Waals surface area contributed by atoms with Crippen molar-refractivity contribution in [3.8, 4) is 0 Å². The first-order valence-electron chi connectivity index (χ1n) is 6.72. The van der Waals surface area contributed by atoms with Crippen LogP contribution in [-0.4, -0.2) is 25.0 Å². The third-order valence-corrected chi connectivity index (χ3v) is 3.13. The summed E-state index contributed by atoms with van der Waals surface area (Å²) < 4.78 is 5.16. The molecule has 0 bridgehead atoms. The molecule has 0 aliphatic heterocycles. The number of hydrogen-bond acceptors (Lipinski definition) is 4. The summed E-state index contributed by atoms with van der Waals surface area (Å²) in [4.78, 5) is 24.0. The largest absolute Gasteiger partial charge is 0.618 e. The first-order chi connectivity index (χ1) is 10.6. The molecule has 2 aromatic rings. The minimum atomic E-state index is -0.861. The zero-order chi connectivity index (χ0) is 15.9. The van der Waals surface area contributed by atoms with Crippen LogP contribution in [0.3, 0.4) is 0 Å². The molecule has 1 heterocycles. The summed E-state index contributed by atoms with van der Waals surface area (Å²) in [5, 5.41) is 14.1. The fourth-order valence-electron chi connectivity index (χ4n) is 2.02. The van der Waals surface area contributed by atoms with Gasteiger partial charge in [-0.2, -0.15) is 4.73 Å². The molecule has 2 rings (SSSR count). The molecule has 1 atom stereocenters. The quantitative estimate of drug-likeness (QED) is 0.504. The Kier molecular flexibility index (Phi) is 5.08. The Morgan fingerprint density at radius 2 is 1.86 bits per heavy atom. The minimum absolute atomic E-state index is 0.0792. The van der Waals surface area contributed by atoms with Gasteiger partial charge >= 0.3 is 11.9 Å². The summed E-state index contributed by atoms with van der Waals surface area (Å²) in [5.74, 6) is -1.19. The number of amides is 1. The second-order valence-electron chi connectivity index (χ2n) is 4.65. The van der Waals surface area contributed by atoms with E-state index in [1.165, 1.54) is 25.4 Å². The molecule has 6 nitrogen and oxygen atoms in total. The lowest BCUT2D eigenvalue weighted by Crippen LogP contribution is -2.47. The van der Waals surface area contributed by atoms with Gasteiger partial charge in [-0.05, 0) is 11.6 Å². The molecular weight excluding hydrogens is 284 g/mol. The molecule has 6 heteroatoms. The third-order valence-electron chi connectivity index (χ3n) is 3.13. The van der Waals surface area contributed by atoms with Crippen LogP contribution in [0.15, 0.2) is 54.7 Å². The van der Waals surface area contributed by atoms with Crippen LogP contribution in [0.5, 0.6) is 0 Å². The standard InChI is InChI=1S/C16H16N2O4/c1-22-16(20)13(11-12-7-3-2-4-8-12)17-15(19)14-9-5-6-10-18(14)21/h2-10,13H,11H2,1H3,(H,17,19)/t13-/m1/s1. The number of benzene rings is 1. The van der Waals surface area contributed by atoms with E-state index in [4.69, 9.17) is 4.74 Å². The van der Waals surface area contributed by atoms with Crippen LogP contribution < -0.4 is 10.0 Å². The number of carbonyl (C=O) groups is 2. The Bertz CT molecular complexity index is 658. The van der Waals surface area contributed by atoms with Gasteiger partial charge in [0.15, 0.2) is 6.20 Å². The van der Waals surface area contributed by atoms with Crippen LogP contribution in [0.2, 0.25) is 0 Å². The van der Waals surface area contributed by atoms with E-state index in [9.17, 15) is 14.8 Å². The Hall–Kier alpha value is -2.89. The summed E-state index contributed by atoms with van der Waals surface area (Å²) in [6.07, 6.45) is 1.50. The summed E-state index contributed by atoms with van der Waals surface area (Å²) >= 11 is 0. The highest BCUT2D eigenvalue weighted by molar-refractivity contribution is 5.94. The van der Waals surface area contributed by atoms with Crippen LogP contribution in [0.1, 0.15) is 16.1 Å². The number of hydrogen-bond donors (Lipinski definition) is 1. The summed E-state index contributed by atoms with van der Waals surface area (Å²) in [5.41, 5.74) is 0.797. The maximum Gasteiger partial charge on any atom is 0.328 e. The number of pyridine rings is 1. The van der Waals surface area contributed by atoms with Gasteiger partial charge in [-0.1, -0.05) is 30.3 Å². The van der Waals surface area contributed by atoms with Gasteiger partial charge in [-0.25, -0.2) is 4.79 Å². The first kappa shape index (κ1) is 15.5. The van der Waals surface area contributed by atoms with E-state index < -0.39 is 17.9 Å². The molecule has 0 saturated carbocycles. The van der Waals surface area contributed by atoms with Crippen LogP contribution in [-0.2, 0) is 16.0 Å². The van der Waals surface area contributed by atoms with Gasteiger partial charge in [0.1, 0.15) is 6.04 Å². The average Bonchev–Trinajstić information content (AvgIpc) is 2.54. The summed E-state index contributed by atoms with van der Waals surface area (Å²) in [7, 11) is 1.25. The second-order valence-corrected chi connectivity index (χ2v) is 4.65. The number of methoxy groups -OCH3 is 1. The number of rotatable bonds is 5. The van der Waals surface area contributed by atoms with E-state index in [1.807, 2.05) is 30.3 Å². The van der Waals surface area contributed by atoms with E-state index >= 15 is 0 Å². The number of aromatic nitrogens is 1. The first-order valence-corrected chi connectivity index (χ1v) is 6.72. The van der Waals surface area contributed by atoms with E-state index in [0.29, 0.717) is 4.73 Å². The van der Waals surface area contributed by atoms with Gasteiger partial charge < -0.3 is 15.3 Å². The van der Waals surface area contributed by atoms with Crippen molar-refractivity contribution < 1.29 is 19.1 Å². The molecule has 0 spiro atoms. The molecule has 0 radical (unpaired) electrons. The number of carbonyl (C=O) groups excluding carboxylic acids is 2. The number of nitrogens with one attached hydrogen (secondary N) is 1. The molecule has 1 amide bonds. The van der Waals surface area contributed by atoms with Crippen LogP contribution in [0.4, 0.5) is 0 Å². The molecule has 22 heavy (non-hydrogen) atoms. The van der Waals surface area contributed by atoms with Gasteiger partial charge in [0.25, 0.3) is 5.69 Å². The normalized spacial score (nSPS) is 11.5. The highest BCUT2D eigenvalue weighted by atomic mass is 16.5. The molecule has 0 aliphatic carbocycles. The molecule has 0 saturated heterocycles. The summed E-state index contributed by atoms with van der Waals surface area (Å²) in [6, 6.07) is 12.9. The van der Waals surface area contributed by atoms with Crippen molar-refractivity contribution in [2.24, 2.45) is 0 Å². The number of nitrogens with zero attached hydrogens (tertiary/aromatic N) is 1. The Labute approximate surface area is 127 Å². The molecule has 1 aromatic carbocycles. The summed E-state index contributed by atoms with van der Waals surface area (Å²) in [6.45, 7) is 0. The fraction of sp³-hybridized carbons (Fsp3) is 0.188. The lowest BCUT2D eigenvalue weighted by molar-refractivity contribution is -0.607. The molecule has 1 aromatic heterocycles. The van der Waals surface area contributed by atoms with Gasteiger partial charge in [0.05, 0.1) is 7.11 Å². The van der Waals surface area contributed by atoms with Crippen molar-refractivity contribution >= 4 is 11.9 Å². The van der Waals surface area contributed by atoms with Crippen molar-refractivity contribution in [2.45, 2.75) is 12.5 Å². The lowest BCUT2D eigenvalue weighted by atomic mass is 10.1. The van der Waals surface area contributed by atoms with E-state index in [1.54, 1.807) is 6.07 Å². The zero-order valence-electron chi connectivity index (χ0n) is 12.1. The predicted molar refractivity (Wildman–Crippen MR) is 78.8 cm³/mol. The van der Waals surface area contributed by atoms with Crippen LogP contribution >= 0.6 is 0 Å². The maximum absolute atomic E-state index is 12.1. The lowest BCUT2D eigenvalue weighted by Gasteiger charge is -2.16. The maximum atomic E-state index is 12.1. The molecule has 0 fully saturated rings. The van der Waals surface area contributed by atoms with Gasteiger partial charge in [-0.15, -0.1) is 0 Å². The monoisotopic (exact) mass is 300 g/mol. The van der Waals surface area contributed by atoms with Gasteiger partial charge in [-0.3, -0.25) is 4.79 Å². The highest BCUT2D eigenvalue weighted by Gasteiger charge is 2.25. The van der Waals surface area contributed by atoms with Crippen LogP contribution in [0.25, 0.3) is 0 Å². The van der Waals surface area contributed by atoms with E-state index in [0.717, 1.165) is 5.56 Å². The fourth-order valence-corrected chi connectivity index (χ4v) is 2.02. The van der Waals surface area contributed by atoms with Gasteiger partial charge in [0.2, 0.25) is 0 Å². The molecule has 0 unspecified atom stereocenters. The van der Waals surface area contributed by atoms with Crippen molar-refractivity contribution in [3.63, 3.8) is 0 Å². The van der Waals surface area contributed by atoms with E-state index in [2.05, 4.69) is 5.32 Å². The predicted octanol–water partition coefficient (Wildman–Crippen LogP) is 0.834. The van der Waals surface area contributed by atoms with Crippen molar-refractivity contribution in [1.82, 2.24) is 5.32 Å². The van der Waals surface area contributed by atoms with Gasteiger partial charge in [0, 0.05) is 18.6 Å². The molecule has 1 N–H and O–H groups in total. The van der Waals surface area contributed by atoms with Crippen molar-refractivity contribution in [3.05, 3.63) is 71.2 Å². The second kappa shape index (κ2) is 7.21. The minimum Gasteiger partial charge on any atom is -0.618 e.